The van der Waals surface area contributed by atoms with Gasteiger partial charge in [-0.05, 0) is 30.3 Å². The number of ether oxygens (including phenoxy) is 2. The molecule has 1 N–H and O–H groups in total. The number of carbonyl (C=O) groups is 1. The summed E-state index contributed by atoms with van der Waals surface area (Å²) in [4.78, 5) is 17.2. The van der Waals surface area contributed by atoms with Crippen molar-refractivity contribution >= 4 is 55.6 Å². The monoisotopic (exact) mass is 527 g/mol. The molecule has 0 spiro atoms. The maximum Gasteiger partial charge on any atom is 0.257 e. The molecular formula is C21H19Cl2N3O5S2. The van der Waals surface area contributed by atoms with Gasteiger partial charge in [-0.15, -0.1) is 11.3 Å². The minimum absolute atomic E-state index is 0.0739. The van der Waals surface area contributed by atoms with Crippen LogP contribution in [0.1, 0.15) is 10.4 Å². The van der Waals surface area contributed by atoms with Crippen LogP contribution in [0.5, 0.6) is 5.75 Å². The molecule has 1 aromatic heterocycles. The van der Waals surface area contributed by atoms with E-state index < -0.39 is 15.9 Å². The Hall–Kier alpha value is -2.21. The normalized spacial score (nSPS) is 14.8. The van der Waals surface area contributed by atoms with E-state index in [-0.39, 0.29) is 29.3 Å². The number of anilines is 1. The van der Waals surface area contributed by atoms with Crippen molar-refractivity contribution in [2.45, 2.75) is 4.90 Å². The number of benzene rings is 2. The highest BCUT2D eigenvalue weighted by Crippen LogP contribution is 2.32. The molecule has 0 unspecified atom stereocenters. The standard InChI is InChI=1S/C21H19Cl2N3O5S2/c1-30-18-5-3-14(11-19(18)33(28,29)26-6-8-31-9-7-26)20(27)25-21-24-17(12-32-21)13-2-4-15(22)16(23)10-13/h2-5,10-12H,6-9H2,1H3,(H,24,25,27). The Morgan fingerprint density at radius 3 is 2.61 bits per heavy atom. The second kappa shape index (κ2) is 9.96. The molecule has 0 radical (unpaired) electrons. The molecule has 0 bridgehead atoms. The molecule has 1 fully saturated rings. The lowest BCUT2D eigenvalue weighted by Crippen LogP contribution is -2.40. The van der Waals surface area contributed by atoms with E-state index in [1.807, 2.05) is 0 Å². The number of amides is 1. The van der Waals surface area contributed by atoms with E-state index in [1.165, 1.54) is 41.0 Å². The van der Waals surface area contributed by atoms with E-state index in [0.29, 0.717) is 34.1 Å². The average molecular weight is 528 g/mol. The van der Waals surface area contributed by atoms with Crippen LogP contribution in [-0.4, -0.2) is 57.0 Å². The van der Waals surface area contributed by atoms with Crippen molar-refractivity contribution in [1.82, 2.24) is 9.29 Å². The molecule has 0 aliphatic carbocycles. The molecule has 12 heteroatoms. The largest absolute Gasteiger partial charge is 0.495 e. The second-order valence-electron chi connectivity index (χ2n) is 7.00. The van der Waals surface area contributed by atoms with Gasteiger partial charge in [-0.25, -0.2) is 13.4 Å². The SMILES string of the molecule is COc1ccc(C(=O)Nc2nc(-c3ccc(Cl)c(Cl)c3)cs2)cc1S(=O)(=O)N1CCOCC1. The van der Waals surface area contributed by atoms with Crippen molar-refractivity contribution in [2.75, 3.05) is 38.7 Å². The van der Waals surface area contributed by atoms with Crippen molar-refractivity contribution < 1.29 is 22.7 Å². The third-order valence-corrected chi connectivity index (χ3v) is 8.37. The third-order valence-electron chi connectivity index (χ3n) is 4.95. The van der Waals surface area contributed by atoms with Crippen LogP contribution in [0.2, 0.25) is 10.0 Å². The average Bonchev–Trinajstić information content (AvgIpc) is 3.29. The summed E-state index contributed by atoms with van der Waals surface area (Å²) in [6, 6.07) is 9.42. The maximum atomic E-state index is 13.1. The van der Waals surface area contributed by atoms with Crippen molar-refractivity contribution in [1.29, 1.82) is 0 Å². The zero-order valence-corrected chi connectivity index (χ0v) is 20.5. The maximum absolute atomic E-state index is 13.1. The van der Waals surface area contributed by atoms with E-state index >= 15 is 0 Å². The first kappa shape index (κ1) is 23.9. The summed E-state index contributed by atoms with van der Waals surface area (Å²) < 4.78 is 38.1. The topological polar surface area (TPSA) is 97.8 Å². The van der Waals surface area contributed by atoms with E-state index in [2.05, 4.69) is 10.3 Å². The zero-order valence-electron chi connectivity index (χ0n) is 17.4. The number of hydrogen-bond acceptors (Lipinski definition) is 7. The molecule has 3 aromatic rings. The quantitative estimate of drug-likeness (QED) is 0.510. The van der Waals surface area contributed by atoms with Crippen molar-refractivity contribution in [3.63, 3.8) is 0 Å². The highest BCUT2D eigenvalue weighted by Gasteiger charge is 2.30. The third kappa shape index (κ3) is 5.16. The van der Waals surface area contributed by atoms with Crippen LogP contribution in [0.25, 0.3) is 11.3 Å². The minimum atomic E-state index is -3.86. The Kier molecular flexibility index (Phi) is 7.22. The number of halogens is 2. The summed E-state index contributed by atoms with van der Waals surface area (Å²) in [5.74, 6) is -0.333. The predicted molar refractivity (Wildman–Crippen MR) is 128 cm³/mol. The Balaban J connectivity index is 1.57. The van der Waals surface area contributed by atoms with Gasteiger partial charge in [-0.2, -0.15) is 4.31 Å². The lowest BCUT2D eigenvalue weighted by atomic mass is 10.2. The number of aromatic nitrogens is 1. The summed E-state index contributed by atoms with van der Waals surface area (Å²) >= 11 is 13.3. The van der Waals surface area contributed by atoms with E-state index in [0.717, 1.165) is 5.56 Å². The van der Waals surface area contributed by atoms with Gasteiger partial charge in [0.15, 0.2) is 5.13 Å². The van der Waals surface area contributed by atoms with Crippen molar-refractivity contribution in [2.24, 2.45) is 0 Å². The first-order valence-corrected chi connectivity index (χ1v) is 12.9. The van der Waals surface area contributed by atoms with Gasteiger partial charge in [0.2, 0.25) is 10.0 Å². The summed E-state index contributed by atoms with van der Waals surface area (Å²) in [5.41, 5.74) is 1.54. The van der Waals surface area contributed by atoms with E-state index in [1.54, 1.807) is 23.6 Å². The Bertz CT molecular complexity index is 1290. The van der Waals surface area contributed by atoms with Gasteiger partial charge >= 0.3 is 0 Å². The number of methoxy groups -OCH3 is 1. The van der Waals surface area contributed by atoms with Gasteiger partial charge in [0, 0.05) is 29.6 Å². The Morgan fingerprint density at radius 1 is 1.15 bits per heavy atom. The fraction of sp³-hybridized carbons (Fsp3) is 0.238. The van der Waals surface area contributed by atoms with Crippen LogP contribution < -0.4 is 10.1 Å². The summed E-state index contributed by atoms with van der Waals surface area (Å²) in [6.07, 6.45) is 0. The number of sulfonamides is 1. The molecule has 33 heavy (non-hydrogen) atoms. The number of morpholine rings is 1. The highest BCUT2D eigenvalue weighted by atomic mass is 35.5. The lowest BCUT2D eigenvalue weighted by molar-refractivity contribution is 0.0729. The smallest absolute Gasteiger partial charge is 0.257 e. The van der Waals surface area contributed by atoms with Crippen LogP contribution in [0, 0.1) is 0 Å². The highest BCUT2D eigenvalue weighted by molar-refractivity contribution is 7.89. The molecule has 8 nitrogen and oxygen atoms in total. The van der Waals surface area contributed by atoms with Crippen molar-refractivity contribution in [3.8, 4) is 17.0 Å². The molecule has 1 aliphatic rings. The van der Waals surface area contributed by atoms with Gasteiger partial charge in [-0.1, -0.05) is 29.3 Å². The minimum Gasteiger partial charge on any atom is -0.495 e. The fourth-order valence-electron chi connectivity index (χ4n) is 3.23. The number of nitrogens with zero attached hydrogens (tertiary/aromatic N) is 2. The fourth-order valence-corrected chi connectivity index (χ4v) is 5.84. The summed E-state index contributed by atoms with van der Waals surface area (Å²) in [7, 11) is -2.48. The van der Waals surface area contributed by atoms with Gasteiger partial charge < -0.3 is 9.47 Å². The van der Waals surface area contributed by atoms with Crippen molar-refractivity contribution in [3.05, 3.63) is 57.4 Å². The van der Waals surface area contributed by atoms with Gasteiger partial charge in [-0.3, -0.25) is 10.1 Å². The lowest BCUT2D eigenvalue weighted by Gasteiger charge is -2.26. The van der Waals surface area contributed by atoms with E-state index in [4.69, 9.17) is 32.7 Å². The van der Waals surface area contributed by atoms with Gasteiger partial charge in [0.1, 0.15) is 10.6 Å². The Labute approximate surface area is 205 Å². The number of thiazole rings is 1. The van der Waals surface area contributed by atoms with E-state index in [9.17, 15) is 13.2 Å². The number of nitrogens with one attached hydrogen (secondary N) is 1. The van der Waals surface area contributed by atoms with Crippen LogP contribution in [0.3, 0.4) is 0 Å². The predicted octanol–water partition coefficient (Wildman–Crippen LogP) is 4.40. The summed E-state index contributed by atoms with van der Waals surface area (Å²) in [6.45, 7) is 1.09. The molecular weight excluding hydrogens is 509 g/mol. The first-order valence-electron chi connectivity index (χ1n) is 9.78. The van der Waals surface area contributed by atoms with Crippen LogP contribution >= 0.6 is 34.5 Å². The summed E-state index contributed by atoms with van der Waals surface area (Å²) in [5, 5.41) is 5.68. The van der Waals surface area contributed by atoms with Gasteiger partial charge in [0.05, 0.1) is 36.1 Å². The molecule has 4 rings (SSSR count). The molecule has 2 heterocycles. The van der Waals surface area contributed by atoms with Crippen LogP contribution in [0.15, 0.2) is 46.7 Å². The van der Waals surface area contributed by atoms with Crippen LogP contribution in [-0.2, 0) is 14.8 Å². The number of carbonyl (C=O) groups excluding carboxylic acids is 1. The molecule has 1 amide bonds. The van der Waals surface area contributed by atoms with Gasteiger partial charge in [0.25, 0.3) is 5.91 Å². The molecule has 0 saturated carbocycles. The second-order valence-corrected chi connectivity index (χ2v) is 10.6. The molecule has 2 aromatic carbocycles. The Morgan fingerprint density at radius 2 is 1.91 bits per heavy atom. The number of rotatable bonds is 6. The molecule has 174 valence electrons. The first-order chi connectivity index (χ1) is 15.8. The molecule has 1 saturated heterocycles. The zero-order chi connectivity index (χ0) is 23.6. The molecule has 1 aliphatic heterocycles. The van der Waals surface area contributed by atoms with Crippen LogP contribution in [0.4, 0.5) is 5.13 Å². The molecule has 0 atom stereocenters. The number of hydrogen-bond donors (Lipinski definition) is 1.